The summed E-state index contributed by atoms with van der Waals surface area (Å²) in [5, 5.41) is 14.5. The fraction of sp³-hybridized carbons (Fsp3) is 0.250. The number of ether oxygens (including phenoxy) is 2. The molecule has 3 N–H and O–H groups in total. The summed E-state index contributed by atoms with van der Waals surface area (Å²) in [7, 11) is 4.63. The van der Waals surface area contributed by atoms with Crippen LogP contribution in [-0.2, 0) is 7.05 Å². The Kier molecular flexibility index (Phi) is 3.44. The second-order valence-corrected chi connectivity index (χ2v) is 4.28. The second kappa shape index (κ2) is 4.89. The third kappa shape index (κ3) is 2.15. The quantitative estimate of drug-likeness (QED) is 0.901. The summed E-state index contributed by atoms with van der Waals surface area (Å²) in [5.41, 5.74) is 6.54. The van der Waals surface area contributed by atoms with Crippen LogP contribution in [0.25, 0.3) is 11.3 Å². The van der Waals surface area contributed by atoms with Gasteiger partial charge in [0, 0.05) is 19.2 Å². The molecule has 2 rings (SSSR count). The van der Waals surface area contributed by atoms with Crippen molar-refractivity contribution in [3.05, 3.63) is 17.2 Å². The zero-order valence-corrected chi connectivity index (χ0v) is 11.5. The smallest absolute Gasteiger partial charge is 0.180 e. The molecule has 0 unspecified atom stereocenters. The molecule has 0 aliphatic carbocycles. The molecule has 2 aromatic rings. The fourth-order valence-electron chi connectivity index (χ4n) is 1.79. The summed E-state index contributed by atoms with van der Waals surface area (Å²) in [6.45, 7) is 0. The Morgan fingerprint density at radius 1 is 1.32 bits per heavy atom. The molecule has 0 saturated heterocycles. The number of aromatic hydroxyl groups is 1. The van der Waals surface area contributed by atoms with Crippen LogP contribution in [0.15, 0.2) is 12.1 Å². The van der Waals surface area contributed by atoms with Crippen LogP contribution < -0.4 is 15.2 Å². The summed E-state index contributed by atoms with van der Waals surface area (Å²) in [5.74, 6) is 1.08. The van der Waals surface area contributed by atoms with Gasteiger partial charge < -0.3 is 20.3 Å². The van der Waals surface area contributed by atoms with Gasteiger partial charge in [0.1, 0.15) is 11.6 Å². The number of methoxy groups -OCH3 is 2. The Balaban J connectivity index is 2.70. The maximum absolute atomic E-state index is 10.1. The van der Waals surface area contributed by atoms with Gasteiger partial charge >= 0.3 is 0 Å². The average Bonchev–Trinajstić information content (AvgIpc) is 2.68. The summed E-state index contributed by atoms with van der Waals surface area (Å²) >= 11 is 6.24. The van der Waals surface area contributed by atoms with Crippen LogP contribution in [-0.4, -0.2) is 29.1 Å². The van der Waals surface area contributed by atoms with Gasteiger partial charge in [-0.1, -0.05) is 11.6 Å². The number of aromatic nitrogens is 2. The number of rotatable bonds is 3. The number of hydrogen-bond acceptors (Lipinski definition) is 5. The van der Waals surface area contributed by atoms with Crippen molar-refractivity contribution in [2.45, 2.75) is 0 Å². The maximum atomic E-state index is 10.1. The number of nitrogens with zero attached hydrogens (tertiary/aromatic N) is 2. The molecule has 19 heavy (non-hydrogen) atoms. The second-order valence-electron chi connectivity index (χ2n) is 3.90. The minimum absolute atomic E-state index is 0.0549. The summed E-state index contributed by atoms with van der Waals surface area (Å²) < 4.78 is 11.8. The van der Waals surface area contributed by atoms with E-state index in [2.05, 4.69) is 5.10 Å². The largest absolute Gasteiger partial charge is 0.507 e. The number of nitrogens with two attached hydrogens (primary N) is 1. The molecule has 0 radical (unpaired) electrons. The lowest BCUT2D eigenvalue weighted by Crippen LogP contribution is -1.97. The molecule has 1 heterocycles. The van der Waals surface area contributed by atoms with E-state index in [1.165, 1.54) is 25.0 Å². The molecule has 7 heteroatoms. The van der Waals surface area contributed by atoms with Crippen molar-refractivity contribution < 1.29 is 14.6 Å². The third-order valence-electron chi connectivity index (χ3n) is 2.76. The number of halogens is 1. The molecule has 1 aromatic carbocycles. The zero-order valence-electron chi connectivity index (χ0n) is 10.8. The summed E-state index contributed by atoms with van der Waals surface area (Å²) in [4.78, 5) is 0. The van der Waals surface area contributed by atoms with Crippen LogP contribution in [0.4, 0.5) is 5.82 Å². The Morgan fingerprint density at radius 3 is 2.47 bits per heavy atom. The standard InChI is InChI=1S/C12H14ClN3O3/c1-16-9(14)4-6(15-16)10-7(17)5-8(18-2)12(19-3)11(10)13/h4-5,17H,14H2,1-3H3. The highest BCUT2D eigenvalue weighted by Crippen LogP contribution is 2.46. The highest BCUT2D eigenvalue weighted by Gasteiger charge is 2.21. The van der Waals surface area contributed by atoms with Gasteiger partial charge in [0.25, 0.3) is 0 Å². The lowest BCUT2D eigenvalue weighted by molar-refractivity contribution is 0.352. The average molecular weight is 284 g/mol. The van der Waals surface area contributed by atoms with E-state index in [-0.39, 0.29) is 10.8 Å². The van der Waals surface area contributed by atoms with Gasteiger partial charge in [-0.15, -0.1) is 0 Å². The predicted octanol–water partition coefficient (Wildman–Crippen LogP) is 2.05. The molecule has 0 bridgehead atoms. The van der Waals surface area contributed by atoms with E-state index in [0.29, 0.717) is 28.6 Å². The zero-order chi connectivity index (χ0) is 14.2. The van der Waals surface area contributed by atoms with Gasteiger partial charge in [-0.2, -0.15) is 5.10 Å². The van der Waals surface area contributed by atoms with Crippen molar-refractivity contribution >= 4 is 17.4 Å². The molecular formula is C12H14ClN3O3. The van der Waals surface area contributed by atoms with E-state index in [1.807, 2.05) is 0 Å². The molecule has 0 fully saturated rings. The summed E-state index contributed by atoms with van der Waals surface area (Å²) in [6, 6.07) is 3.04. The van der Waals surface area contributed by atoms with E-state index in [0.717, 1.165) is 0 Å². The van der Waals surface area contributed by atoms with Crippen molar-refractivity contribution in [3.8, 4) is 28.5 Å². The Labute approximate surface area is 115 Å². The van der Waals surface area contributed by atoms with E-state index in [1.54, 1.807) is 13.1 Å². The van der Waals surface area contributed by atoms with Crippen molar-refractivity contribution in [1.82, 2.24) is 9.78 Å². The number of phenols is 1. The van der Waals surface area contributed by atoms with Crippen LogP contribution in [0, 0.1) is 0 Å². The Morgan fingerprint density at radius 2 is 2.00 bits per heavy atom. The number of benzene rings is 1. The number of aryl methyl sites for hydroxylation is 1. The first-order valence-corrected chi connectivity index (χ1v) is 5.80. The van der Waals surface area contributed by atoms with Gasteiger partial charge in [-0.25, -0.2) is 0 Å². The van der Waals surface area contributed by atoms with Crippen LogP contribution in [0.5, 0.6) is 17.2 Å². The molecular weight excluding hydrogens is 270 g/mol. The molecule has 0 saturated carbocycles. The molecule has 0 atom stereocenters. The Hall–Kier alpha value is -2.08. The van der Waals surface area contributed by atoms with E-state index < -0.39 is 0 Å². The molecule has 102 valence electrons. The number of anilines is 1. The maximum Gasteiger partial charge on any atom is 0.180 e. The van der Waals surface area contributed by atoms with Gasteiger partial charge in [0.05, 0.1) is 30.5 Å². The normalized spacial score (nSPS) is 10.5. The van der Waals surface area contributed by atoms with Crippen molar-refractivity contribution in [1.29, 1.82) is 0 Å². The highest BCUT2D eigenvalue weighted by atomic mass is 35.5. The number of phenolic OH excluding ortho intramolecular Hbond substituents is 1. The fourth-order valence-corrected chi connectivity index (χ4v) is 2.15. The van der Waals surface area contributed by atoms with Crippen LogP contribution in [0.3, 0.4) is 0 Å². The third-order valence-corrected chi connectivity index (χ3v) is 3.12. The minimum Gasteiger partial charge on any atom is -0.507 e. The lowest BCUT2D eigenvalue weighted by atomic mass is 10.1. The molecule has 0 spiro atoms. The van der Waals surface area contributed by atoms with E-state index in [9.17, 15) is 5.11 Å². The SMILES string of the molecule is COc1cc(O)c(-c2cc(N)n(C)n2)c(Cl)c1OC. The minimum atomic E-state index is -0.0549. The van der Waals surface area contributed by atoms with Crippen molar-refractivity contribution in [2.75, 3.05) is 20.0 Å². The monoisotopic (exact) mass is 283 g/mol. The first kappa shape index (κ1) is 13.4. The van der Waals surface area contributed by atoms with Gasteiger partial charge in [-0.05, 0) is 0 Å². The lowest BCUT2D eigenvalue weighted by Gasteiger charge is -2.13. The van der Waals surface area contributed by atoms with E-state index in [4.69, 9.17) is 26.8 Å². The molecule has 0 amide bonds. The number of nitrogen functional groups attached to an aromatic ring is 1. The van der Waals surface area contributed by atoms with Gasteiger partial charge in [0.2, 0.25) is 0 Å². The summed E-state index contributed by atoms with van der Waals surface area (Å²) in [6.07, 6.45) is 0. The van der Waals surface area contributed by atoms with Crippen molar-refractivity contribution in [3.63, 3.8) is 0 Å². The van der Waals surface area contributed by atoms with Crippen LogP contribution in [0.1, 0.15) is 0 Å². The van der Waals surface area contributed by atoms with E-state index >= 15 is 0 Å². The molecule has 0 aliphatic heterocycles. The van der Waals surface area contributed by atoms with Gasteiger partial charge in [0.15, 0.2) is 11.5 Å². The molecule has 1 aromatic heterocycles. The highest BCUT2D eigenvalue weighted by molar-refractivity contribution is 6.35. The van der Waals surface area contributed by atoms with Crippen LogP contribution in [0.2, 0.25) is 5.02 Å². The van der Waals surface area contributed by atoms with Crippen molar-refractivity contribution in [2.24, 2.45) is 7.05 Å². The molecule has 6 nitrogen and oxygen atoms in total. The Bertz CT molecular complexity index is 606. The first-order valence-electron chi connectivity index (χ1n) is 5.43. The van der Waals surface area contributed by atoms with Crippen LogP contribution >= 0.6 is 11.6 Å². The molecule has 0 aliphatic rings. The topological polar surface area (TPSA) is 82.5 Å². The number of hydrogen-bond donors (Lipinski definition) is 2. The first-order chi connectivity index (χ1) is 8.99. The van der Waals surface area contributed by atoms with Gasteiger partial charge in [-0.3, -0.25) is 4.68 Å². The predicted molar refractivity (Wildman–Crippen MR) is 72.8 cm³/mol.